The van der Waals surface area contributed by atoms with E-state index in [0.29, 0.717) is 42.4 Å². The molecule has 0 aliphatic carbocycles. The van der Waals surface area contributed by atoms with Crippen molar-refractivity contribution in [3.05, 3.63) is 22.7 Å². The maximum Gasteiger partial charge on any atom is 0.227 e. The van der Waals surface area contributed by atoms with Gasteiger partial charge in [-0.05, 0) is 31.4 Å². The Labute approximate surface area is 148 Å². The topological polar surface area (TPSA) is 58.6 Å². The standard InChI is InChI=1S/C18H25ClN2O3/c1-11(2)18(23)21-7-5-13(6-8-21)17(22)20-15-9-12(3)14(19)10-16(15)24-4/h9-11,13H,5-8H2,1-4H3,(H,20,22). The summed E-state index contributed by atoms with van der Waals surface area (Å²) < 4.78 is 5.29. The van der Waals surface area contributed by atoms with Crippen molar-refractivity contribution in [2.75, 3.05) is 25.5 Å². The molecular formula is C18H25ClN2O3. The molecule has 1 N–H and O–H groups in total. The number of anilines is 1. The lowest BCUT2D eigenvalue weighted by Gasteiger charge is -2.32. The molecule has 0 radical (unpaired) electrons. The molecule has 0 unspecified atom stereocenters. The Hall–Kier alpha value is -1.75. The van der Waals surface area contributed by atoms with E-state index in [2.05, 4.69) is 5.32 Å². The maximum absolute atomic E-state index is 12.5. The van der Waals surface area contributed by atoms with Crippen LogP contribution in [-0.4, -0.2) is 36.9 Å². The summed E-state index contributed by atoms with van der Waals surface area (Å²) in [4.78, 5) is 26.4. The highest BCUT2D eigenvalue weighted by atomic mass is 35.5. The Kier molecular flexibility index (Phi) is 6.10. The smallest absolute Gasteiger partial charge is 0.227 e. The summed E-state index contributed by atoms with van der Waals surface area (Å²) >= 11 is 6.09. The normalized spacial score (nSPS) is 15.5. The van der Waals surface area contributed by atoms with E-state index in [-0.39, 0.29) is 23.7 Å². The predicted molar refractivity (Wildman–Crippen MR) is 95.5 cm³/mol. The minimum absolute atomic E-state index is 0.00307. The number of ether oxygens (including phenoxy) is 1. The van der Waals surface area contributed by atoms with Gasteiger partial charge in [-0.3, -0.25) is 9.59 Å². The van der Waals surface area contributed by atoms with Crippen molar-refractivity contribution >= 4 is 29.1 Å². The predicted octanol–water partition coefficient (Wildman–Crippen LogP) is 3.49. The Bertz CT molecular complexity index is 623. The van der Waals surface area contributed by atoms with Gasteiger partial charge in [0, 0.05) is 36.0 Å². The summed E-state index contributed by atoms with van der Waals surface area (Å²) in [5, 5.41) is 3.54. The van der Waals surface area contributed by atoms with Crippen molar-refractivity contribution in [2.24, 2.45) is 11.8 Å². The number of carbonyl (C=O) groups is 2. The number of piperidine rings is 1. The number of methoxy groups -OCH3 is 1. The van der Waals surface area contributed by atoms with Gasteiger partial charge in [-0.1, -0.05) is 25.4 Å². The van der Waals surface area contributed by atoms with Gasteiger partial charge < -0.3 is 15.0 Å². The number of rotatable bonds is 4. The molecule has 24 heavy (non-hydrogen) atoms. The van der Waals surface area contributed by atoms with E-state index in [9.17, 15) is 9.59 Å². The second-order valence-corrected chi connectivity index (χ2v) is 6.95. The van der Waals surface area contributed by atoms with E-state index in [1.54, 1.807) is 13.2 Å². The van der Waals surface area contributed by atoms with E-state index >= 15 is 0 Å². The van der Waals surface area contributed by atoms with Crippen molar-refractivity contribution in [3.63, 3.8) is 0 Å². The van der Waals surface area contributed by atoms with Crippen LogP contribution in [0.1, 0.15) is 32.3 Å². The molecule has 2 amide bonds. The fourth-order valence-electron chi connectivity index (χ4n) is 2.89. The first-order valence-corrected chi connectivity index (χ1v) is 8.65. The monoisotopic (exact) mass is 352 g/mol. The van der Waals surface area contributed by atoms with Crippen molar-refractivity contribution in [1.29, 1.82) is 0 Å². The molecule has 1 aliphatic heterocycles. The molecule has 132 valence electrons. The molecule has 5 nitrogen and oxygen atoms in total. The number of hydrogen-bond donors (Lipinski definition) is 1. The second-order valence-electron chi connectivity index (χ2n) is 6.55. The molecule has 1 heterocycles. The summed E-state index contributed by atoms with van der Waals surface area (Å²) in [5.74, 6) is 0.570. The lowest BCUT2D eigenvalue weighted by Crippen LogP contribution is -2.43. The zero-order valence-corrected chi connectivity index (χ0v) is 15.4. The number of benzene rings is 1. The van der Waals surface area contributed by atoms with Crippen molar-refractivity contribution in [3.8, 4) is 5.75 Å². The molecule has 6 heteroatoms. The number of carbonyl (C=O) groups excluding carboxylic acids is 2. The first-order valence-electron chi connectivity index (χ1n) is 8.27. The van der Waals surface area contributed by atoms with Crippen LogP contribution < -0.4 is 10.1 Å². The molecule has 1 aromatic rings. The summed E-state index contributed by atoms with van der Waals surface area (Å²) in [5.41, 5.74) is 1.51. The van der Waals surface area contributed by atoms with Gasteiger partial charge >= 0.3 is 0 Å². The van der Waals surface area contributed by atoms with Gasteiger partial charge in [-0.15, -0.1) is 0 Å². The molecule has 0 saturated carbocycles. The summed E-state index contributed by atoms with van der Waals surface area (Å²) in [6.45, 7) is 6.94. The highest BCUT2D eigenvalue weighted by Gasteiger charge is 2.28. The highest BCUT2D eigenvalue weighted by molar-refractivity contribution is 6.31. The van der Waals surface area contributed by atoms with E-state index in [4.69, 9.17) is 16.3 Å². The summed E-state index contributed by atoms with van der Waals surface area (Å²) in [7, 11) is 1.55. The molecule has 0 spiro atoms. The number of amides is 2. The van der Waals surface area contributed by atoms with Crippen LogP contribution in [0.2, 0.25) is 5.02 Å². The Morgan fingerprint density at radius 1 is 1.29 bits per heavy atom. The average molecular weight is 353 g/mol. The molecule has 1 fully saturated rings. The highest BCUT2D eigenvalue weighted by Crippen LogP contribution is 2.32. The number of nitrogens with one attached hydrogen (secondary N) is 1. The zero-order chi connectivity index (χ0) is 17.9. The first-order chi connectivity index (χ1) is 11.3. The van der Waals surface area contributed by atoms with Crippen LogP contribution in [0.3, 0.4) is 0 Å². The summed E-state index contributed by atoms with van der Waals surface area (Å²) in [6.07, 6.45) is 1.36. The lowest BCUT2D eigenvalue weighted by molar-refractivity contribution is -0.137. The number of halogens is 1. The van der Waals surface area contributed by atoms with E-state index < -0.39 is 0 Å². The fourth-order valence-corrected chi connectivity index (χ4v) is 3.05. The number of likely N-dealkylation sites (tertiary alicyclic amines) is 1. The van der Waals surface area contributed by atoms with Crippen molar-refractivity contribution in [1.82, 2.24) is 4.90 Å². The molecule has 2 rings (SSSR count). The molecule has 0 aromatic heterocycles. The van der Waals surface area contributed by atoms with E-state index in [0.717, 1.165) is 5.56 Å². The zero-order valence-electron chi connectivity index (χ0n) is 14.7. The molecule has 0 atom stereocenters. The van der Waals surface area contributed by atoms with Gasteiger partial charge in [0.2, 0.25) is 11.8 Å². The van der Waals surface area contributed by atoms with Gasteiger partial charge in [0.05, 0.1) is 12.8 Å². The van der Waals surface area contributed by atoms with Gasteiger partial charge in [-0.25, -0.2) is 0 Å². The van der Waals surface area contributed by atoms with Crippen LogP contribution in [0, 0.1) is 18.8 Å². The van der Waals surface area contributed by atoms with Crippen molar-refractivity contribution < 1.29 is 14.3 Å². The Morgan fingerprint density at radius 3 is 2.46 bits per heavy atom. The summed E-state index contributed by atoms with van der Waals surface area (Å²) in [6, 6.07) is 3.52. The maximum atomic E-state index is 12.5. The molecule has 1 aromatic carbocycles. The molecular weight excluding hydrogens is 328 g/mol. The Morgan fingerprint density at radius 2 is 1.92 bits per heavy atom. The quantitative estimate of drug-likeness (QED) is 0.902. The lowest BCUT2D eigenvalue weighted by atomic mass is 9.95. The van der Waals surface area contributed by atoms with Crippen LogP contribution in [0.15, 0.2) is 12.1 Å². The third kappa shape index (κ3) is 4.20. The van der Waals surface area contributed by atoms with Crippen LogP contribution in [0.25, 0.3) is 0 Å². The minimum Gasteiger partial charge on any atom is -0.495 e. The SMILES string of the molecule is COc1cc(Cl)c(C)cc1NC(=O)C1CCN(C(=O)C(C)C)CC1. The third-order valence-corrected chi connectivity index (χ3v) is 4.82. The van der Waals surface area contributed by atoms with Gasteiger partial charge in [0.15, 0.2) is 0 Å². The van der Waals surface area contributed by atoms with Gasteiger partial charge in [0.25, 0.3) is 0 Å². The number of aryl methyl sites for hydroxylation is 1. The van der Waals surface area contributed by atoms with Crippen LogP contribution in [-0.2, 0) is 9.59 Å². The minimum atomic E-state index is -0.0955. The van der Waals surface area contributed by atoms with E-state index in [1.807, 2.05) is 31.7 Å². The number of hydrogen-bond acceptors (Lipinski definition) is 3. The van der Waals surface area contributed by atoms with Crippen molar-refractivity contribution in [2.45, 2.75) is 33.6 Å². The first kappa shape index (κ1) is 18.6. The van der Waals surface area contributed by atoms with Crippen LogP contribution in [0.5, 0.6) is 5.75 Å². The number of nitrogens with zero attached hydrogens (tertiary/aromatic N) is 1. The molecule has 1 aliphatic rings. The van der Waals surface area contributed by atoms with E-state index in [1.165, 1.54) is 0 Å². The van der Waals surface area contributed by atoms with Gasteiger partial charge in [0.1, 0.15) is 5.75 Å². The molecule has 1 saturated heterocycles. The van der Waals surface area contributed by atoms with Gasteiger partial charge in [-0.2, -0.15) is 0 Å². The van der Waals surface area contributed by atoms with Crippen LogP contribution in [0.4, 0.5) is 5.69 Å². The largest absolute Gasteiger partial charge is 0.495 e. The Balaban J connectivity index is 2.00. The third-order valence-electron chi connectivity index (χ3n) is 4.41. The average Bonchev–Trinajstić information content (AvgIpc) is 2.57. The second kappa shape index (κ2) is 7.88. The van der Waals surface area contributed by atoms with Crippen LogP contribution >= 0.6 is 11.6 Å². The molecule has 0 bridgehead atoms. The fraction of sp³-hybridized carbons (Fsp3) is 0.556.